The number of carbonyl (C=O) groups is 1. The van der Waals surface area contributed by atoms with Crippen LogP contribution >= 0.6 is 34.4 Å². The molecule has 1 aliphatic heterocycles. The number of aliphatic imine (C=N–C) groups is 1. The van der Waals surface area contributed by atoms with Gasteiger partial charge in [0.2, 0.25) is 0 Å². The lowest BCUT2D eigenvalue weighted by Gasteiger charge is -2.10. The minimum absolute atomic E-state index is 0.0606. The van der Waals surface area contributed by atoms with Gasteiger partial charge in [-0.3, -0.25) is 4.79 Å². The Morgan fingerprint density at radius 3 is 2.44 bits per heavy atom. The first-order chi connectivity index (χ1) is 15.3. The van der Waals surface area contributed by atoms with Gasteiger partial charge in [-0.2, -0.15) is 8.42 Å². The number of rotatable bonds is 5. The summed E-state index contributed by atoms with van der Waals surface area (Å²) in [5.41, 5.74) is 2.17. The molecule has 4 rings (SSSR count). The molecule has 9 heteroatoms. The highest BCUT2D eigenvalue weighted by atomic mass is 127. The number of nitrogens with zero attached hydrogens (tertiary/aromatic N) is 1. The SMILES string of the molecule is Cc1ccc(S(=O)(=O)Oc2ccccc2/C=C2/SC(=Nc3ccccc3I)NC2=O)cc1. The molecule has 0 atom stereocenters. The van der Waals surface area contributed by atoms with E-state index in [9.17, 15) is 13.2 Å². The lowest BCUT2D eigenvalue weighted by molar-refractivity contribution is -0.115. The Morgan fingerprint density at radius 1 is 1.00 bits per heavy atom. The monoisotopic (exact) mass is 576 g/mol. The van der Waals surface area contributed by atoms with Gasteiger partial charge in [0.15, 0.2) is 5.17 Å². The number of amides is 1. The fraction of sp³-hybridized carbons (Fsp3) is 0.0435. The third kappa shape index (κ3) is 5.22. The smallest absolute Gasteiger partial charge is 0.339 e. The van der Waals surface area contributed by atoms with Crippen molar-refractivity contribution in [3.63, 3.8) is 0 Å². The number of thioether (sulfide) groups is 1. The summed E-state index contributed by atoms with van der Waals surface area (Å²) in [6, 6.07) is 20.7. The molecule has 0 radical (unpaired) electrons. The van der Waals surface area contributed by atoms with E-state index < -0.39 is 10.1 Å². The maximum atomic E-state index is 12.7. The van der Waals surface area contributed by atoms with Gasteiger partial charge in [-0.25, -0.2) is 4.99 Å². The van der Waals surface area contributed by atoms with E-state index in [-0.39, 0.29) is 16.6 Å². The zero-order chi connectivity index (χ0) is 22.7. The molecular weight excluding hydrogens is 559 g/mol. The number of amidine groups is 1. The van der Waals surface area contributed by atoms with Crippen molar-refractivity contribution >= 4 is 67.3 Å². The fourth-order valence-corrected chi connectivity index (χ4v) is 5.11. The number of aryl methyl sites for hydroxylation is 1. The zero-order valence-electron chi connectivity index (χ0n) is 16.8. The Balaban J connectivity index is 1.61. The van der Waals surface area contributed by atoms with Crippen molar-refractivity contribution < 1.29 is 17.4 Å². The molecule has 1 saturated heterocycles. The molecule has 162 valence electrons. The van der Waals surface area contributed by atoms with Gasteiger partial charge in [0.25, 0.3) is 5.91 Å². The summed E-state index contributed by atoms with van der Waals surface area (Å²) in [6.07, 6.45) is 1.60. The van der Waals surface area contributed by atoms with Gasteiger partial charge in [0, 0.05) is 9.13 Å². The summed E-state index contributed by atoms with van der Waals surface area (Å²) < 4.78 is 31.8. The predicted octanol–water partition coefficient (Wildman–Crippen LogP) is 5.26. The molecule has 1 heterocycles. The van der Waals surface area contributed by atoms with Crippen molar-refractivity contribution in [3.8, 4) is 5.75 Å². The molecule has 3 aromatic rings. The third-order valence-corrected chi connectivity index (χ3v) is 7.51. The standard InChI is InChI=1S/C23H17IN2O4S2/c1-15-10-12-17(13-11-15)32(28,29)30-20-9-5-2-6-16(20)14-21-22(27)26-23(31-21)25-19-8-4-3-7-18(19)24/h2-14H,1H3,(H,25,26,27)/b21-14+. The minimum Gasteiger partial charge on any atom is -0.378 e. The Hall–Kier alpha value is -2.63. The van der Waals surface area contributed by atoms with Crippen LogP contribution < -0.4 is 9.50 Å². The van der Waals surface area contributed by atoms with Gasteiger partial charge < -0.3 is 9.50 Å². The van der Waals surface area contributed by atoms with E-state index in [0.29, 0.717) is 15.6 Å². The fourth-order valence-electron chi connectivity index (χ4n) is 2.82. The van der Waals surface area contributed by atoms with Crippen LogP contribution in [-0.2, 0) is 14.9 Å². The van der Waals surface area contributed by atoms with Crippen molar-refractivity contribution in [3.05, 3.63) is 92.4 Å². The largest absolute Gasteiger partial charge is 0.378 e. The topological polar surface area (TPSA) is 84.8 Å². The van der Waals surface area contributed by atoms with E-state index in [1.165, 1.54) is 23.9 Å². The second-order valence-electron chi connectivity index (χ2n) is 6.82. The molecule has 32 heavy (non-hydrogen) atoms. The average molecular weight is 576 g/mol. The second kappa shape index (κ2) is 9.47. The quantitative estimate of drug-likeness (QED) is 0.255. The molecule has 1 aliphatic rings. The number of nitrogens with one attached hydrogen (secondary N) is 1. The summed E-state index contributed by atoms with van der Waals surface area (Å²) in [6.45, 7) is 1.87. The highest BCUT2D eigenvalue weighted by molar-refractivity contribution is 14.1. The molecule has 1 fully saturated rings. The first-order valence-corrected chi connectivity index (χ1v) is 12.8. The van der Waals surface area contributed by atoms with E-state index in [2.05, 4.69) is 32.9 Å². The highest BCUT2D eigenvalue weighted by Gasteiger charge is 2.25. The number of halogens is 1. The Bertz CT molecular complexity index is 1350. The molecule has 0 aliphatic carbocycles. The maximum Gasteiger partial charge on any atom is 0.339 e. The van der Waals surface area contributed by atoms with Crippen molar-refractivity contribution in [1.29, 1.82) is 0 Å². The summed E-state index contributed by atoms with van der Waals surface area (Å²) >= 11 is 3.37. The summed E-state index contributed by atoms with van der Waals surface area (Å²) in [5.74, 6) is -0.173. The van der Waals surface area contributed by atoms with E-state index in [4.69, 9.17) is 4.18 Å². The van der Waals surface area contributed by atoms with Crippen LogP contribution in [0.25, 0.3) is 6.08 Å². The molecule has 3 aromatic carbocycles. The van der Waals surface area contributed by atoms with Gasteiger partial charge >= 0.3 is 10.1 Å². The Labute approximate surface area is 204 Å². The molecule has 6 nitrogen and oxygen atoms in total. The Morgan fingerprint density at radius 2 is 1.69 bits per heavy atom. The van der Waals surface area contributed by atoms with E-state index in [1.54, 1.807) is 42.5 Å². The molecule has 0 unspecified atom stereocenters. The maximum absolute atomic E-state index is 12.7. The summed E-state index contributed by atoms with van der Waals surface area (Å²) in [5, 5.41) is 3.20. The van der Waals surface area contributed by atoms with E-state index >= 15 is 0 Å². The van der Waals surface area contributed by atoms with E-state index in [0.717, 1.165) is 14.8 Å². The highest BCUT2D eigenvalue weighted by Crippen LogP contribution is 2.32. The van der Waals surface area contributed by atoms with Crippen LogP contribution in [0.5, 0.6) is 5.75 Å². The van der Waals surface area contributed by atoms with Crippen molar-refractivity contribution in [2.45, 2.75) is 11.8 Å². The van der Waals surface area contributed by atoms with E-state index in [1.807, 2.05) is 31.2 Å². The average Bonchev–Trinajstić information content (AvgIpc) is 3.10. The molecule has 0 bridgehead atoms. The van der Waals surface area contributed by atoms with Crippen LogP contribution in [0.1, 0.15) is 11.1 Å². The molecule has 1 amide bonds. The normalized spacial score (nSPS) is 16.4. The van der Waals surface area contributed by atoms with Gasteiger partial charge in [0.05, 0.1) is 10.6 Å². The van der Waals surface area contributed by atoms with Gasteiger partial charge in [-0.05, 0) is 77.7 Å². The Kier molecular flexibility index (Phi) is 6.68. The molecule has 0 spiro atoms. The van der Waals surface area contributed by atoms with Crippen molar-refractivity contribution in [1.82, 2.24) is 5.32 Å². The summed E-state index contributed by atoms with van der Waals surface area (Å²) in [4.78, 5) is 17.4. The van der Waals surface area contributed by atoms with Crippen LogP contribution in [0.15, 0.2) is 87.6 Å². The molecule has 0 aromatic heterocycles. The third-order valence-electron chi connectivity index (χ3n) is 4.44. The molecule has 0 saturated carbocycles. The lowest BCUT2D eigenvalue weighted by Crippen LogP contribution is -2.19. The first kappa shape index (κ1) is 22.6. The number of benzene rings is 3. The van der Waals surface area contributed by atoms with Gasteiger partial charge in [0.1, 0.15) is 10.6 Å². The molecule has 1 N–H and O–H groups in total. The van der Waals surface area contributed by atoms with Gasteiger partial charge in [-0.15, -0.1) is 0 Å². The number of carbonyl (C=O) groups excluding carboxylic acids is 1. The van der Waals surface area contributed by atoms with Crippen LogP contribution in [0.4, 0.5) is 5.69 Å². The number of para-hydroxylation sites is 2. The zero-order valence-corrected chi connectivity index (χ0v) is 20.6. The van der Waals surface area contributed by atoms with Crippen molar-refractivity contribution in [2.24, 2.45) is 4.99 Å². The molecular formula is C23H17IN2O4S2. The number of hydrogen-bond donors (Lipinski definition) is 1. The summed E-state index contributed by atoms with van der Waals surface area (Å²) in [7, 11) is -4.02. The minimum atomic E-state index is -4.02. The van der Waals surface area contributed by atoms with Crippen LogP contribution in [-0.4, -0.2) is 19.5 Å². The first-order valence-electron chi connectivity index (χ1n) is 9.46. The van der Waals surface area contributed by atoms with Crippen molar-refractivity contribution in [2.75, 3.05) is 0 Å². The van der Waals surface area contributed by atoms with Crippen LogP contribution in [0.2, 0.25) is 0 Å². The van der Waals surface area contributed by atoms with Crippen LogP contribution in [0.3, 0.4) is 0 Å². The van der Waals surface area contributed by atoms with Gasteiger partial charge in [-0.1, -0.05) is 48.0 Å². The second-order valence-corrected chi connectivity index (χ2v) is 10.6. The lowest BCUT2D eigenvalue weighted by atomic mass is 10.2. The predicted molar refractivity (Wildman–Crippen MR) is 135 cm³/mol. The number of hydrogen-bond acceptors (Lipinski definition) is 6. The van der Waals surface area contributed by atoms with Crippen LogP contribution in [0, 0.1) is 10.5 Å².